The van der Waals surface area contributed by atoms with Crippen molar-refractivity contribution in [3.05, 3.63) is 23.8 Å². The van der Waals surface area contributed by atoms with Gasteiger partial charge in [0.25, 0.3) is 0 Å². The second-order valence-electron chi connectivity index (χ2n) is 11.9. The summed E-state index contributed by atoms with van der Waals surface area (Å²) >= 11 is 0. The summed E-state index contributed by atoms with van der Waals surface area (Å²) in [6.07, 6.45) is 12.0. The molecule has 0 amide bonds. The van der Waals surface area contributed by atoms with E-state index in [1.54, 1.807) is 0 Å². The van der Waals surface area contributed by atoms with Crippen LogP contribution in [0, 0.1) is 41.4 Å². The summed E-state index contributed by atoms with van der Waals surface area (Å²) in [5.74, 6) is 4.67. The van der Waals surface area contributed by atoms with Crippen LogP contribution in [-0.4, -0.2) is 6.17 Å². The van der Waals surface area contributed by atoms with E-state index in [9.17, 15) is 4.39 Å². The molecule has 0 aliphatic heterocycles. The van der Waals surface area contributed by atoms with Crippen LogP contribution in [0.25, 0.3) is 0 Å². The molecule has 0 N–H and O–H groups in total. The van der Waals surface area contributed by atoms with Gasteiger partial charge in [-0.05, 0) is 72.3 Å². The average molecular weight is 451 g/mol. The van der Waals surface area contributed by atoms with Gasteiger partial charge in [0.1, 0.15) is 6.17 Å². The molecular weight excluding hydrogens is 391 g/mol. The van der Waals surface area contributed by atoms with Crippen LogP contribution in [0.2, 0.25) is 0 Å². The van der Waals surface area contributed by atoms with Crippen molar-refractivity contribution in [2.75, 3.05) is 0 Å². The predicted molar refractivity (Wildman–Crippen MR) is 145 cm³/mol. The molecule has 0 nitrogen and oxygen atoms in total. The normalized spacial score (nSPS) is 19.3. The molecule has 0 aromatic heterocycles. The summed E-state index contributed by atoms with van der Waals surface area (Å²) in [4.78, 5) is 0. The van der Waals surface area contributed by atoms with Crippen LogP contribution >= 0.6 is 0 Å². The fourth-order valence-electron chi connectivity index (χ4n) is 4.46. The molecule has 0 saturated carbocycles. The van der Waals surface area contributed by atoms with E-state index in [0.29, 0.717) is 35.7 Å². The number of alkyl halides is 1. The van der Waals surface area contributed by atoms with Crippen molar-refractivity contribution in [3.63, 3.8) is 0 Å². The van der Waals surface area contributed by atoms with Gasteiger partial charge in [0.05, 0.1) is 0 Å². The lowest BCUT2D eigenvalue weighted by molar-refractivity contribution is 0.251. The summed E-state index contributed by atoms with van der Waals surface area (Å²) in [6, 6.07) is 0. The van der Waals surface area contributed by atoms with Gasteiger partial charge in [-0.1, -0.05) is 120 Å². The first kappa shape index (κ1) is 31.4. The largest absolute Gasteiger partial charge is 0.242 e. The van der Waals surface area contributed by atoms with Gasteiger partial charge in [0.15, 0.2) is 0 Å². The molecule has 190 valence electrons. The van der Waals surface area contributed by atoms with Crippen molar-refractivity contribution in [1.29, 1.82) is 0 Å². The van der Waals surface area contributed by atoms with Crippen molar-refractivity contribution in [1.82, 2.24) is 0 Å². The van der Waals surface area contributed by atoms with E-state index >= 15 is 0 Å². The number of hydrogen-bond acceptors (Lipinski definition) is 0. The van der Waals surface area contributed by atoms with Crippen molar-refractivity contribution in [2.24, 2.45) is 41.4 Å². The Morgan fingerprint density at radius 3 is 1.72 bits per heavy atom. The highest BCUT2D eigenvalue weighted by Crippen LogP contribution is 2.30. The van der Waals surface area contributed by atoms with Gasteiger partial charge < -0.3 is 0 Å². The molecule has 0 fully saturated rings. The molecule has 0 heterocycles. The quantitative estimate of drug-likeness (QED) is 0.182. The first-order valence-electron chi connectivity index (χ1n) is 13.9. The zero-order valence-electron chi connectivity index (χ0n) is 23.6. The first-order valence-corrected chi connectivity index (χ1v) is 13.9. The summed E-state index contributed by atoms with van der Waals surface area (Å²) in [5.41, 5.74) is 1.76. The lowest BCUT2D eigenvalue weighted by Gasteiger charge is -2.25. The molecule has 0 rings (SSSR count). The van der Waals surface area contributed by atoms with E-state index in [1.165, 1.54) is 44.9 Å². The second kappa shape index (κ2) is 16.9. The minimum absolute atomic E-state index is 0.397. The highest BCUT2D eigenvalue weighted by atomic mass is 19.1. The van der Waals surface area contributed by atoms with Gasteiger partial charge in [-0.25, -0.2) is 4.39 Å². The Morgan fingerprint density at radius 2 is 1.19 bits per heavy atom. The summed E-state index contributed by atoms with van der Waals surface area (Å²) < 4.78 is 15.0. The Labute approximate surface area is 202 Å². The molecule has 0 aliphatic rings. The van der Waals surface area contributed by atoms with Gasteiger partial charge in [-0.2, -0.15) is 0 Å². The van der Waals surface area contributed by atoms with Crippen LogP contribution in [0.5, 0.6) is 0 Å². The van der Waals surface area contributed by atoms with Crippen LogP contribution in [0.4, 0.5) is 4.39 Å². The summed E-state index contributed by atoms with van der Waals surface area (Å²) in [6.45, 7) is 27.1. The third-order valence-electron chi connectivity index (χ3n) is 8.46. The molecule has 7 atom stereocenters. The zero-order valence-corrected chi connectivity index (χ0v) is 23.6. The summed E-state index contributed by atoms with van der Waals surface area (Å²) in [5, 5.41) is 0. The van der Waals surface area contributed by atoms with Gasteiger partial charge >= 0.3 is 0 Å². The maximum absolute atomic E-state index is 15.0. The van der Waals surface area contributed by atoms with E-state index in [2.05, 4.69) is 81.9 Å². The standard InChI is InChI=1S/C31H59F/c1-12-13-14-23(4)24(5)17-18-25(6)26(7)19-20-28(9)30(11)31(32)21-29(10)27(8)16-15-22(2)3/h20,22-27,29,31H,11-19,21H2,1-10H3/b28-20+. The molecule has 32 heavy (non-hydrogen) atoms. The van der Waals surface area contributed by atoms with E-state index in [1.807, 2.05) is 0 Å². The van der Waals surface area contributed by atoms with Crippen molar-refractivity contribution >= 4 is 0 Å². The topological polar surface area (TPSA) is 0 Å². The molecule has 0 saturated heterocycles. The third kappa shape index (κ3) is 13.2. The summed E-state index contributed by atoms with van der Waals surface area (Å²) in [7, 11) is 0. The fraction of sp³-hybridized carbons (Fsp3) is 0.871. The maximum atomic E-state index is 15.0. The smallest absolute Gasteiger partial charge is 0.125 e. The molecule has 1 heteroatoms. The molecule has 0 aromatic rings. The Bertz CT molecular complexity index is 517. The highest BCUT2D eigenvalue weighted by molar-refractivity contribution is 5.29. The van der Waals surface area contributed by atoms with Crippen LogP contribution in [-0.2, 0) is 0 Å². The van der Waals surface area contributed by atoms with Gasteiger partial charge in [0.2, 0.25) is 0 Å². The SMILES string of the molecule is C=C(/C(C)=C/CC(C)C(C)CCC(C)C(C)CCCC)C(F)CC(C)C(C)CCC(C)C. The van der Waals surface area contributed by atoms with E-state index < -0.39 is 6.17 Å². The average Bonchev–Trinajstić information content (AvgIpc) is 2.75. The van der Waals surface area contributed by atoms with Crippen molar-refractivity contribution in [3.8, 4) is 0 Å². The molecule has 0 bridgehead atoms. The Kier molecular flexibility index (Phi) is 16.6. The lowest BCUT2D eigenvalue weighted by atomic mass is 9.81. The van der Waals surface area contributed by atoms with Crippen LogP contribution < -0.4 is 0 Å². The van der Waals surface area contributed by atoms with Crippen LogP contribution in [0.1, 0.15) is 127 Å². The van der Waals surface area contributed by atoms with Crippen molar-refractivity contribution < 1.29 is 4.39 Å². The molecule has 0 spiro atoms. The van der Waals surface area contributed by atoms with Crippen molar-refractivity contribution in [2.45, 2.75) is 133 Å². The number of rotatable bonds is 18. The van der Waals surface area contributed by atoms with E-state index in [0.717, 1.165) is 29.7 Å². The number of allylic oxidation sites excluding steroid dienone is 3. The molecule has 0 aliphatic carbocycles. The maximum Gasteiger partial charge on any atom is 0.125 e. The van der Waals surface area contributed by atoms with Gasteiger partial charge in [-0.15, -0.1) is 0 Å². The first-order chi connectivity index (χ1) is 14.9. The molecular formula is C31H59F. The zero-order chi connectivity index (χ0) is 24.8. The number of halogens is 1. The highest BCUT2D eigenvalue weighted by Gasteiger charge is 2.21. The lowest BCUT2D eigenvalue weighted by Crippen LogP contribution is -2.16. The molecule has 7 unspecified atom stereocenters. The molecule has 0 radical (unpaired) electrons. The number of unbranched alkanes of at least 4 members (excludes halogenated alkanes) is 1. The monoisotopic (exact) mass is 450 g/mol. The molecule has 0 aromatic carbocycles. The van der Waals surface area contributed by atoms with Crippen LogP contribution in [0.15, 0.2) is 23.8 Å². The van der Waals surface area contributed by atoms with Gasteiger partial charge in [-0.3, -0.25) is 0 Å². The fourth-order valence-corrected chi connectivity index (χ4v) is 4.46. The minimum Gasteiger partial charge on any atom is -0.242 e. The Hall–Kier alpha value is -0.590. The van der Waals surface area contributed by atoms with E-state index in [4.69, 9.17) is 0 Å². The third-order valence-corrected chi connectivity index (χ3v) is 8.46. The number of hydrogen-bond donors (Lipinski definition) is 0. The Balaban J connectivity index is 4.51. The minimum atomic E-state index is -0.916. The van der Waals surface area contributed by atoms with Crippen LogP contribution in [0.3, 0.4) is 0 Å². The van der Waals surface area contributed by atoms with Gasteiger partial charge in [0, 0.05) is 0 Å². The predicted octanol–water partition coefficient (Wildman–Crippen LogP) is 10.8. The van der Waals surface area contributed by atoms with E-state index in [-0.39, 0.29) is 0 Å². The Morgan fingerprint density at radius 1 is 0.719 bits per heavy atom. The second-order valence-corrected chi connectivity index (χ2v) is 11.9.